The third kappa shape index (κ3) is 3.62. The monoisotopic (exact) mass is 197 g/mol. The first-order chi connectivity index (χ1) is 6.38. The summed E-state index contributed by atoms with van der Waals surface area (Å²) in [6, 6.07) is 0.663. The SMILES string of the molecule is C#CCCC(NCC)C1CCSC1. The van der Waals surface area contributed by atoms with E-state index in [2.05, 4.69) is 29.9 Å². The van der Waals surface area contributed by atoms with Crippen molar-refractivity contribution >= 4 is 11.8 Å². The number of thioether (sulfide) groups is 1. The molecule has 0 aliphatic carbocycles. The second-order valence-corrected chi connectivity index (χ2v) is 4.68. The van der Waals surface area contributed by atoms with Crippen LogP contribution >= 0.6 is 11.8 Å². The van der Waals surface area contributed by atoms with E-state index in [0.29, 0.717) is 6.04 Å². The van der Waals surface area contributed by atoms with E-state index in [1.165, 1.54) is 17.9 Å². The lowest BCUT2D eigenvalue weighted by atomic mass is 9.95. The van der Waals surface area contributed by atoms with Gasteiger partial charge in [-0.05, 0) is 36.8 Å². The van der Waals surface area contributed by atoms with Crippen LogP contribution in [0.25, 0.3) is 0 Å². The van der Waals surface area contributed by atoms with E-state index >= 15 is 0 Å². The molecular weight excluding hydrogens is 178 g/mol. The van der Waals surface area contributed by atoms with Gasteiger partial charge in [-0.3, -0.25) is 0 Å². The molecule has 0 aromatic rings. The van der Waals surface area contributed by atoms with E-state index in [-0.39, 0.29) is 0 Å². The highest BCUT2D eigenvalue weighted by Gasteiger charge is 2.23. The summed E-state index contributed by atoms with van der Waals surface area (Å²) in [6.45, 7) is 3.24. The minimum Gasteiger partial charge on any atom is -0.314 e. The Morgan fingerprint density at radius 2 is 2.54 bits per heavy atom. The number of terminal acetylenes is 1. The molecule has 2 atom stereocenters. The molecule has 2 unspecified atom stereocenters. The summed E-state index contributed by atoms with van der Waals surface area (Å²) < 4.78 is 0. The van der Waals surface area contributed by atoms with Crippen molar-refractivity contribution in [2.24, 2.45) is 5.92 Å². The van der Waals surface area contributed by atoms with Crippen molar-refractivity contribution in [2.75, 3.05) is 18.1 Å². The highest BCUT2D eigenvalue weighted by molar-refractivity contribution is 7.99. The van der Waals surface area contributed by atoms with Crippen molar-refractivity contribution < 1.29 is 0 Å². The number of rotatable bonds is 5. The Morgan fingerprint density at radius 1 is 1.69 bits per heavy atom. The maximum atomic E-state index is 5.29. The van der Waals surface area contributed by atoms with Gasteiger partial charge in [0.1, 0.15) is 0 Å². The average molecular weight is 197 g/mol. The van der Waals surface area contributed by atoms with E-state index in [1.807, 2.05) is 0 Å². The summed E-state index contributed by atoms with van der Waals surface area (Å²) in [7, 11) is 0. The number of hydrogen-bond donors (Lipinski definition) is 1. The molecule has 1 aliphatic rings. The molecule has 0 aromatic carbocycles. The Labute approximate surface area is 86.1 Å². The van der Waals surface area contributed by atoms with Gasteiger partial charge in [-0.15, -0.1) is 12.3 Å². The zero-order chi connectivity index (χ0) is 9.52. The minimum absolute atomic E-state index is 0.663. The Hall–Kier alpha value is -0.130. The van der Waals surface area contributed by atoms with Crippen LogP contribution < -0.4 is 5.32 Å². The van der Waals surface area contributed by atoms with Crippen molar-refractivity contribution in [1.29, 1.82) is 0 Å². The highest BCUT2D eigenvalue weighted by atomic mass is 32.2. The quantitative estimate of drug-likeness (QED) is 0.678. The normalized spacial score (nSPS) is 24.2. The Balaban J connectivity index is 2.31. The van der Waals surface area contributed by atoms with Crippen LogP contribution in [0.3, 0.4) is 0 Å². The Morgan fingerprint density at radius 3 is 3.08 bits per heavy atom. The average Bonchev–Trinajstić information content (AvgIpc) is 2.65. The summed E-state index contributed by atoms with van der Waals surface area (Å²) >= 11 is 2.08. The fraction of sp³-hybridized carbons (Fsp3) is 0.818. The second kappa shape index (κ2) is 6.34. The molecular formula is C11H19NS. The third-order valence-electron chi connectivity index (χ3n) is 2.60. The summed E-state index contributed by atoms with van der Waals surface area (Å²) in [5.41, 5.74) is 0. The lowest BCUT2D eigenvalue weighted by Gasteiger charge is -2.22. The van der Waals surface area contributed by atoms with Gasteiger partial charge in [0, 0.05) is 12.5 Å². The molecule has 1 nitrogen and oxygen atoms in total. The highest BCUT2D eigenvalue weighted by Crippen LogP contribution is 2.27. The van der Waals surface area contributed by atoms with Crippen LogP contribution in [0.15, 0.2) is 0 Å². The van der Waals surface area contributed by atoms with Crippen molar-refractivity contribution in [2.45, 2.75) is 32.2 Å². The molecule has 1 rings (SSSR count). The van der Waals surface area contributed by atoms with Crippen LogP contribution in [0.4, 0.5) is 0 Å². The Bertz CT molecular complexity index is 167. The molecule has 1 fully saturated rings. The van der Waals surface area contributed by atoms with E-state index in [9.17, 15) is 0 Å². The van der Waals surface area contributed by atoms with E-state index < -0.39 is 0 Å². The van der Waals surface area contributed by atoms with Crippen molar-refractivity contribution in [3.05, 3.63) is 0 Å². The molecule has 0 amide bonds. The molecule has 1 saturated heterocycles. The fourth-order valence-electron chi connectivity index (χ4n) is 1.88. The van der Waals surface area contributed by atoms with Gasteiger partial charge in [-0.1, -0.05) is 6.92 Å². The molecule has 0 bridgehead atoms. The van der Waals surface area contributed by atoms with Crippen LogP contribution in [-0.4, -0.2) is 24.1 Å². The molecule has 1 heterocycles. The van der Waals surface area contributed by atoms with Gasteiger partial charge in [0.15, 0.2) is 0 Å². The van der Waals surface area contributed by atoms with Gasteiger partial charge >= 0.3 is 0 Å². The zero-order valence-corrected chi connectivity index (χ0v) is 9.20. The third-order valence-corrected chi connectivity index (χ3v) is 3.79. The van der Waals surface area contributed by atoms with Gasteiger partial charge < -0.3 is 5.32 Å². The summed E-state index contributed by atoms with van der Waals surface area (Å²) in [5.74, 6) is 6.25. The van der Waals surface area contributed by atoms with Crippen LogP contribution in [0, 0.1) is 18.3 Å². The maximum Gasteiger partial charge on any atom is 0.0112 e. The molecule has 0 radical (unpaired) electrons. The molecule has 0 spiro atoms. The summed E-state index contributed by atoms with van der Waals surface area (Å²) in [5, 5.41) is 3.55. The molecule has 13 heavy (non-hydrogen) atoms. The first-order valence-electron chi connectivity index (χ1n) is 5.13. The molecule has 2 heteroatoms. The topological polar surface area (TPSA) is 12.0 Å². The van der Waals surface area contributed by atoms with E-state index in [1.54, 1.807) is 0 Å². The van der Waals surface area contributed by atoms with Gasteiger partial charge in [-0.25, -0.2) is 0 Å². The number of nitrogens with one attached hydrogen (secondary N) is 1. The van der Waals surface area contributed by atoms with Crippen LogP contribution in [0.1, 0.15) is 26.2 Å². The molecule has 1 aliphatic heterocycles. The lowest BCUT2D eigenvalue weighted by Crippen LogP contribution is -2.36. The fourth-order valence-corrected chi connectivity index (χ4v) is 3.21. The molecule has 1 N–H and O–H groups in total. The van der Waals surface area contributed by atoms with Gasteiger partial charge in [0.05, 0.1) is 0 Å². The number of hydrogen-bond acceptors (Lipinski definition) is 2. The van der Waals surface area contributed by atoms with Crippen molar-refractivity contribution in [1.82, 2.24) is 5.32 Å². The van der Waals surface area contributed by atoms with Crippen LogP contribution in [0.2, 0.25) is 0 Å². The molecule has 74 valence electrons. The second-order valence-electron chi connectivity index (χ2n) is 3.53. The van der Waals surface area contributed by atoms with Crippen LogP contribution in [0.5, 0.6) is 0 Å². The predicted molar refractivity (Wildman–Crippen MR) is 61.0 cm³/mol. The standard InChI is InChI=1S/C11H19NS/c1-3-5-6-11(12-4-2)10-7-8-13-9-10/h1,10-12H,4-9H2,2H3. The predicted octanol–water partition coefficient (Wildman–Crippen LogP) is 2.13. The summed E-state index contributed by atoms with van der Waals surface area (Å²) in [4.78, 5) is 0. The van der Waals surface area contributed by atoms with Crippen molar-refractivity contribution in [3.8, 4) is 12.3 Å². The first-order valence-corrected chi connectivity index (χ1v) is 6.28. The first kappa shape index (κ1) is 10.9. The zero-order valence-electron chi connectivity index (χ0n) is 8.38. The van der Waals surface area contributed by atoms with E-state index in [4.69, 9.17) is 6.42 Å². The minimum atomic E-state index is 0.663. The van der Waals surface area contributed by atoms with Crippen molar-refractivity contribution in [3.63, 3.8) is 0 Å². The molecule has 0 saturated carbocycles. The smallest absolute Gasteiger partial charge is 0.0112 e. The molecule has 0 aromatic heterocycles. The largest absolute Gasteiger partial charge is 0.314 e. The van der Waals surface area contributed by atoms with Crippen LogP contribution in [-0.2, 0) is 0 Å². The lowest BCUT2D eigenvalue weighted by molar-refractivity contribution is 0.372. The van der Waals surface area contributed by atoms with Gasteiger partial charge in [0.2, 0.25) is 0 Å². The summed E-state index contributed by atoms with van der Waals surface area (Å²) in [6.07, 6.45) is 8.72. The Kier molecular flexibility index (Phi) is 5.34. The van der Waals surface area contributed by atoms with Gasteiger partial charge in [-0.2, -0.15) is 11.8 Å². The maximum absolute atomic E-state index is 5.29. The van der Waals surface area contributed by atoms with Gasteiger partial charge in [0.25, 0.3) is 0 Å². The van der Waals surface area contributed by atoms with E-state index in [0.717, 1.165) is 25.3 Å².